The number of amides is 2. The minimum Gasteiger partial charge on any atom is -0.456 e. The Hall–Kier alpha value is -2.95. The van der Waals surface area contributed by atoms with Crippen LogP contribution in [0.4, 0.5) is 5.69 Å². The van der Waals surface area contributed by atoms with Gasteiger partial charge in [-0.2, -0.15) is 0 Å². The van der Waals surface area contributed by atoms with E-state index in [1.54, 1.807) is 24.3 Å². The predicted molar refractivity (Wildman–Crippen MR) is 109 cm³/mol. The SMILES string of the molecule is CCC(C)(C)C(=O)OC1c2ccccc2CC2C(=O)N(c3ccccc3)C(=O)C21. The maximum Gasteiger partial charge on any atom is 0.312 e. The summed E-state index contributed by atoms with van der Waals surface area (Å²) in [5, 5.41) is 0. The van der Waals surface area contributed by atoms with E-state index in [-0.39, 0.29) is 17.8 Å². The van der Waals surface area contributed by atoms with Crippen LogP contribution in [0.25, 0.3) is 0 Å². The van der Waals surface area contributed by atoms with Crippen molar-refractivity contribution in [1.82, 2.24) is 0 Å². The van der Waals surface area contributed by atoms with Gasteiger partial charge >= 0.3 is 5.97 Å². The molecule has 2 aromatic carbocycles. The van der Waals surface area contributed by atoms with Gasteiger partial charge in [0, 0.05) is 0 Å². The van der Waals surface area contributed by atoms with E-state index in [0.29, 0.717) is 18.5 Å². The highest BCUT2D eigenvalue weighted by molar-refractivity contribution is 6.22. The van der Waals surface area contributed by atoms with Crippen molar-refractivity contribution in [2.75, 3.05) is 4.90 Å². The number of rotatable bonds is 4. The highest BCUT2D eigenvalue weighted by atomic mass is 16.5. The molecular weight excluding hydrogens is 366 g/mol. The molecule has 4 rings (SSSR count). The van der Waals surface area contributed by atoms with Crippen LogP contribution in [0.1, 0.15) is 44.4 Å². The van der Waals surface area contributed by atoms with Gasteiger partial charge in [0.2, 0.25) is 11.8 Å². The number of benzene rings is 2. The normalized spacial score (nSPS) is 23.6. The van der Waals surface area contributed by atoms with Crippen molar-refractivity contribution in [3.63, 3.8) is 0 Å². The number of hydrogen-bond donors (Lipinski definition) is 0. The number of nitrogens with zero attached hydrogens (tertiary/aromatic N) is 1. The molecule has 2 aromatic rings. The zero-order valence-corrected chi connectivity index (χ0v) is 16.9. The topological polar surface area (TPSA) is 63.7 Å². The summed E-state index contributed by atoms with van der Waals surface area (Å²) in [6.45, 7) is 5.60. The number of fused-ring (bicyclic) bond motifs is 2. The lowest BCUT2D eigenvalue weighted by Gasteiger charge is -2.34. The summed E-state index contributed by atoms with van der Waals surface area (Å²) in [4.78, 5) is 40.7. The molecule has 3 atom stereocenters. The summed E-state index contributed by atoms with van der Waals surface area (Å²) in [6.07, 6.45) is 0.338. The maximum atomic E-state index is 13.4. The summed E-state index contributed by atoms with van der Waals surface area (Å²) < 4.78 is 5.95. The van der Waals surface area contributed by atoms with Gasteiger partial charge in [0.15, 0.2) is 0 Å². The van der Waals surface area contributed by atoms with Crippen molar-refractivity contribution in [2.45, 2.75) is 39.7 Å². The van der Waals surface area contributed by atoms with E-state index < -0.39 is 23.4 Å². The fourth-order valence-electron chi connectivity index (χ4n) is 4.12. The predicted octanol–water partition coefficient (Wildman–Crippen LogP) is 4.07. The second-order valence-electron chi connectivity index (χ2n) is 8.45. The molecule has 1 fully saturated rings. The smallest absolute Gasteiger partial charge is 0.312 e. The molecule has 0 radical (unpaired) electrons. The van der Waals surface area contributed by atoms with Crippen molar-refractivity contribution in [2.24, 2.45) is 17.3 Å². The number of ether oxygens (including phenoxy) is 1. The molecule has 2 amide bonds. The van der Waals surface area contributed by atoms with Crippen LogP contribution in [0.3, 0.4) is 0 Å². The van der Waals surface area contributed by atoms with Gasteiger partial charge in [0.25, 0.3) is 0 Å². The highest BCUT2D eigenvalue weighted by Gasteiger charge is 2.56. The first-order valence-electron chi connectivity index (χ1n) is 10.1. The molecule has 1 saturated heterocycles. The van der Waals surface area contributed by atoms with Gasteiger partial charge in [0.1, 0.15) is 6.10 Å². The van der Waals surface area contributed by atoms with E-state index in [1.807, 2.05) is 51.1 Å². The third-order valence-corrected chi connectivity index (χ3v) is 6.29. The first-order valence-corrected chi connectivity index (χ1v) is 10.1. The van der Waals surface area contributed by atoms with Crippen molar-refractivity contribution >= 4 is 23.5 Å². The first kappa shape index (κ1) is 19.4. The molecule has 2 aliphatic rings. The van der Waals surface area contributed by atoms with Crippen molar-refractivity contribution in [3.8, 4) is 0 Å². The van der Waals surface area contributed by atoms with Crippen molar-refractivity contribution < 1.29 is 19.1 Å². The number of esters is 1. The standard InChI is InChI=1S/C24H25NO4/c1-4-24(2,3)23(28)29-20-17-13-9-8-10-15(17)14-18-19(20)22(27)25(21(18)26)16-11-6-5-7-12-16/h5-13,18-20H,4,14H2,1-3H3. The lowest BCUT2D eigenvalue weighted by molar-refractivity contribution is -0.166. The molecule has 0 N–H and O–H groups in total. The molecule has 5 nitrogen and oxygen atoms in total. The average Bonchev–Trinajstić information content (AvgIpc) is 2.98. The second kappa shape index (κ2) is 7.14. The number of carbonyl (C=O) groups is 3. The van der Waals surface area contributed by atoms with Crippen molar-refractivity contribution in [1.29, 1.82) is 0 Å². The summed E-state index contributed by atoms with van der Waals surface area (Å²) in [5.74, 6) is -2.10. The highest BCUT2D eigenvalue weighted by Crippen LogP contribution is 2.47. The van der Waals surface area contributed by atoms with Crippen LogP contribution in [0.15, 0.2) is 54.6 Å². The molecule has 5 heteroatoms. The van der Waals surface area contributed by atoms with E-state index >= 15 is 0 Å². The van der Waals surface area contributed by atoms with E-state index in [1.165, 1.54) is 4.90 Å². The van der Waals surface area contributed by atoms with Gasteiger partial charge in [-0.3, -0.25) is 14.4 Å². The van der Waals surface area contributed by atoms with E-state index in [0.717, 1.165) is 11.1 Å². The molecule has 1 aliphatic carbocycles. The van der Waals surface area contributed by atoms with Gasteiger partial charge in [-0.15, -0.1) is 0 Å². The Balaban J connectivity index is 1.76. The van der Waals surface area contributed by atoms with Crippen LogP contribution in [-0.2, 0) is 25.5 Å². The molecular formula is C24H25NO4. The van der Waals surface area contributed by atoms with E-state index in [9.17, 15) is 14.4 Å². The molecule has 0 spiro atoms. The van der Waals surface area contributed by atoms with E-state index in [4.69, 9.17) is 4.74 Å². The van der Waals surface area contributed by atoms with Crippen LogP contribution in [-0.4, -0.2) is 17.8 Å². The molecule has 3 unspecified atom stereocenters. The van der Waals surface area contributed by atoms with Crippen LogP contribution >= 0.6 is 0 Å². The van der Waals surface area contributed by atoms with Gasteiger partial charge in [-0.25, -0.2) is 4.90 Å². The molecule has 0 aromatic heterocycles. The minimum atomic E-state index is -0.756. The Morgan fingerprint density at radius 1 is 1.03 bits per heavy atom. The Kier molecular flexibility index (Phi) is 4.77. The number of carbonyl (C=O) groups excluding carboxylic acids is 3. The number of anilines is 1. The quantitative estimate of drug-likeness (QED) is 0.582. The van der Waals surface area contributed by atoms with Crippen LogP contribution in [0, 0.1) is 17.3 Å². The molecule has 29 heavy (non-hydrogen) atoms. The lowest BCUT2D eigenvalue weighted by Crippen LogP contribution is -2.37. The number of hydrogen-bond acceptors (Lipinski definition) is 4. The van der Waals surface area contributed by atoms with Gasteiger partial charge in [-0.1, -0.05) is 49.4 Å². The fraction of sp³-hybridized carbons (Fsp3) is 0.375. The molecule has 150 valence electrons. The summed E-state index contributed by atoms with van der Waals surface area (Å²) in [6, 6.07) is 16.6. The molecule has 0 saturated carbocycles. The molecule has 1 heterocycles. The average molecular weight is 391 g/mol. The lowest BCUT2D eigenvalue weighted by atomic mass is 9.75. The monoisotopic (exact) mass is 391 g/mol. The minimum absolute atomic E-state index is 0.225. The maximum absolute atomic E-state index is 13.4. The van der Waals surface area contributed by atoms with E-state index in [2.05, 4.69) is 0 Å². The summed E-state index contributed by atoms with van der Waals surface area (Å²) >= 11 is 0. The van der Waals surface area contributed by atoms with Crippen LogP contribution in [0.5, 0.6) is 0 Å². The third kappa shape index (κ3) is 3.15. The van der Waals surface area contributed by atoms with Crippen LogP contribution in [0.2, 0.25) is 0 Å². The fourth-order valence-corrected chi connectivity index (χ4v) is 4.12. The Morgan fingerprint density at radius 2 is 1.69 bits per heavy atom. The Morgan fingerprint density at radius 3 is 2.38 bits per heavy atom. The van der Waals surface area contributed by atoms with Crippen LogP contribution < -0.4 is 4.90 Å². The Bertz CT molecular complexity index is 966. The zero-order chi connectivity index (χ0) is 20.8. The molecule has 1 aliphatic heterocycles. The Labute approximate surface area is 170 Å². The second-order valence-corrected chi connectivity index (χ2v) is 8.45. The van der Waals surface area contributed by atoms with Gasteiger partial charge in [0.05, 0.1) is 22.9 Å². The third-order valence-electron chi connectivity index (χ3n) is 6.29. The number of para-hydroxylation sites is 1. The molecule has 0 bridgehead atoms. The summed E-state index contributed by atoms with van der Waals surface area (Å²) in [5.41, 5.74) is 1.68. The zero-order valence-electron chi connectivity index (χ0n) is 16.9. The first-order chi connectivity index (χ1) is 13.8. The summed E-state index contributed by atoms with van der Waals surface area (Å²) in [7, 11) is 0. The van der Waals surface area contributed by atoms with Gasteiger partial charge < -0.3 is 4.74 Å². The van der Waals surface area contributed by atoms with Crippen molar-refractivity contribution in [3.05, 3.63) is 65.7 Å². The van der Waals surface area contributed by atoms with Gasteiger partial charge in [-0.05, 0) is 49.9 Å². The largest absolute Gasteiger partial charge is 0.456 e. The number of imide groups is 1.